The summed E-state index contributed by atoms with van der Waals surface area (Å²) in [5, 5.41) is 19.4. The summed E-state index contributed by atoms with van der Waals surface area (Å²) in [4.78, 5) is 13.4. The van der Waals surface area contributed by atoms with Crippen LogP contribution in [-0.4, -0.2) is 21.4 Å². The molecule has 4 aromatic rings. The summed E-state index contributed by atoms with van der Waals surface area (Å²) >= 11 is 5.67. The van der Waals surface area contributed by atoms with Gasteiger partial charge in [-0.25, -0.2) is 0 Å². The van der Waals surface area contributed by atoms with Gasteiger partial charge in [-0.3, -0.25) is 13.9 Å². The van der Waals surface area contributed by atoms with Gasteiger partial charge in [0.05, 0.1) is 24.2 Å². The van der Waals surface area contributed by atoms with Crippen molar-refractivity contribution in [3.63, 3.8) is 0 Å². The van der Waals surface area contributed by atoms with Crippen LogP contribution in [0.25, 0.3) is 11.4 Å². The highest BCUT2D eigenvalue weighted by Crippen LogP contribution is 2.30. The van der Waals surface area contributed by atoms with Crippen LogP contribution in [0.3, 0.4) is 0 Å². The molecule has 0 unspecified atom stereocenters. The lowest BCUT2D eigenvalue weighted by molar-refractivity contribution is 0.414. The van der Waals surface area contributed by atoms with Crippen molar-refractivity contribution >= 4 is 23.6 Å². The number of benzene rings is 3. The Balaban J connectivity index is 2.00. The van der Waals surface area contributed by atoms with Crippen molar-refractivity contribution in [1.29, 1.82) is 0 Å². The molecule has 0 fully saturated rings. The van der Waals surface area contributed by atoms with E-state index in [-0.39, 0.29) is 16.3 Å². The quantitative estimate of drug-likeness (QED) is 0.289. The maximum Gasteiger partial charge on any atom is 0.290 e. The lowest BCUT2D eigenvalue weighted by atomic mass is 10.2. The van der Waals surface area contributed by atoms with E-state index in [0.717, 1.165) is 11.1 Å². The van der Waals surface area contributed by atoms with Crippen molar-refractivity contribution in [1.82, 2.24) is 9.13 Å². The standard InChI is InChI=1S/C25H22N4O3S/c1-16-8-10-18(11-9-16)26-27-22-23(30)28(19-12-14-20(32-3)15-13-19)25(33)29(24(22)31)21-7-5-4-6-17(21)2/h4-15,31H,1-3H3. The fraction of sp³-hybridized carbons (Fsp3) is 0.120. The van der Waals surface area contributed by atoms with Crippen molar-refractivity contribution in [3.05, 3.63) is 99.0 Å². The van der Waals surface area contributed by atoms with Gasteiger partial charge in [0.25, 0.3) is 5.56 Å². The first-order valence-electron chi connectivity index (χ1n) is 10.2. The SMILES string of the molecule is COc1ccc(-n2c(=O)c(N=Nc3ccc(C)cc3)c(O)n(-c3ccccc3C)c2=S)cc1. The molecule has 0 aliphatic carbocycles. The molecule has 3 aromatic carbocycles. The third-order valence-corrected chi connectivity index (χ3v) is 5.56. The molecule has 0 bridgehead atoms. The molecule has 166 valence electrons. The van der Waals surface area contributed by atoms with E-state index >= 15 is 0 Å². The summed E-state index contributed by atoms with van der Waals surface area (Å²) in [6.07, 6.45) is 0. The molecule has 4 rings (SSSR count). The molecule has 0 saturated heterocycles. The third kappa shape index (κ3) is 4.33. The lowest BCUT2D eigenvalue weighted by Crippen LogP contribution is -2.23. The van der Waals surface area contributed by atoms with Gasteiger partial charge in [0.15, 0.2) is 4.77 Å². The number of aromatic nitrogens is 2. The zero-order valence-electron chi connectivity index (χ0n) is 18.4. The second-order valence-corrected chi connectivity index (χ2v) is 7.82. The number of hydrogen-bond donors (Lipinski definition) is 1. The molecule has 0 saturated carbocycles. The fourth-order valence-electron chi connectivity index (χ4n) is 3.38. The van der Waals surface area contributed by atoms with Gasteiger partial charge in [-0.05, 0) is 74.1 Å². The summed E-state index contributed by atoms with van der Waals surface area (Å²) in [5.74, 6) is 0.266. The molecule has 0 atom stereocenters. The van der Waals surface area contributed by atoms with Gasteiger partial charge in [-0.15, -0.1) is 5.11 Å². The molecule has 0 spiro atoms. The number of rotatable bonds is 5. The van der Waals surface area contributed by atoms with Crippen LogP contribution in [0.15, 0.2) is 87.8 Å². The molecule has 7 nitrogen and oxygen atoms in total. The van der Waals surface area contributed by atoms with E-state index in [1.54, 1.807) is 43.5 Å². The number of aromatic hydroxyl groups is 1. The second-order valence-electron chi connectivity index (χ2n) is 7.45. The molecule has 1 heterocycles. The largest absolute Gasteiger partial charge is 0.497 e. The van der Waals surface area contributed by atoms with Gasteiger partial charge >= 0.3 is 0 Å². The first-order chi connectivity index (χ1) is 15.9. The Morgan fingerprint density at radius 2 is 1.55 bits per heavy atom. The first-order valence-corrected chi connectivity index (χ1v) is 10.6. The monoisotopic (exact) mass is 458 g/mol. The number of hydrogen-bond acceptors (Lipinski definition) is 6. The number of para-hydroxylation sites is 1. The van der Waals surface area contributed by atoms with Crippen LogP contribution < -0.4 is 10.3 Å². The zero-order chi connectivity index (χ0) is 23.5. The third-order valence-electron chi connectivity index (χ3n) is 5.20. The fourth-order valence-corrected chi connectivity index (χ4v) is 3.76. The normalized spacial score (nSPS) is 11.1. The van der Waals surface area contributed by atoms with E-state index in [2.05, 4.69) is 10.2 Å². The van der Waals surface area contributed by atoms with Crippen LogP contribution in [0.5, 0.6) is 11.6 Å². The van der Waals surface area contributed by atoms with Crippen molar-refractivity contribution in [2.75, 3.05) is 7.11 Å². The molecule has 1 N–H and O–H groups in total. The zero-order valence-corrected chi connectivity index (χ0v) is 19.2. The van der Waals surface area contributed by atoms with Crippen LogP contribution in [0.2, 0.25) is 0 Å². The number of aryl methyl sites for hydroxylation is 2. The predicted molar refractivity (Wildman–Crippen MR) is 131 cm³/mol. The van der Waals surface area contributed by atoms with Gasteiger partial charge in [0, 0.05) is 0 Å². The summed E-state index contributed by atoms with van der Waals surface area (Å²) in [7, 11) is 1.57. The van der Waals surface area contributed by atoms with Gasteiger partial charge in [0.1, 0.15) is 5.75 Å². The molecule has 0 amide bonds. The number of nitrogens with zero attached hydrogens (tertiary/aromatic N) is 4. The van der Waals surface area contributed by atoms with Crippen molar-refractivity contribution in [2.45, 2.75) is 13.8 Å². The highest BCUT2D eigenvalue weighted by atomic mass is 32.1. The van der Waals surface area contributed by atoms with E-state index in [0.29, 0.717) is 22.8 Å². The van der Waals surface area contributed by atoms with Gasteiger partial charge in [0.2, 0.25) is 11.6 Å². The highest BCUT2D eigenvalue weighted by Gasteiger charge is 2.20. The van der Waals surface area contributed by atoms with Crippen LogP contribution >= 0.6 is 12.2 Å². The van der Waals surface area contributed by atoms with Crippen LogP contribution in [0.1, 0.15) is 11.1 Å². The summed E-state index contributed by atoms with van der Waals surface area (Å²) in [6, 6.07) is 21.7. The Hall–Kier alpha value is -4.04. The molecule has 0 aliphatic rings. The smallest absolute Gasteiger partial charge is 0.290 e. The maximum atomic E-state index is 13.4. The number of ether oxygens (including phenoxy) is 1. The Morgan fingerprint density at radius 1 is 0.879 bits per heavy atom. The molecule has 8 heteroatoms. The average molecular weight is 459 g/mol. The van der Waals surface area contributed by atoms with E-state index in [1.807, 2.05) is 50.2 Å². The molecular weight excluding hydrogens is 436 g/mol. The molecule has 1 aromatic heterocycles. The van der Waals surface area contributed by atoms with Gasteiger partial charge < -0.3 is 9.84 Å². The number of methoxy groups -OCH3 is 1. The van der Waals surface area contributed by atoms with E-state index in [1.165, 1.54) is 9.13 Å². The molecule has 0 aliphatic heterocycles. The minimum atomic E-state index is -0.580. The van der Waals surface area contributed by atoms with Crippen molar-refractivity contribution < 1.29 is 9.84 Å². The predicted octanol–water partition coefficient (Wildman–Crippen LogP) is 6.10. The van der Waals surface area contributed by atoms with Crippen LogP contribution in [0.4, 0.5) is 11.4 Å². The Kier molecular flexibility index (Phi) is 6.19. The molecular formula is C25H22N4O3S. The molecule has 0 radical (unpaired) electrons. The minimum Gasteiger partial charge on any atom is -0.497 e. The van der Waals surface area contributed by atoms with Crippen molar-refractivity contribution in [2.24, 2.45) is 10.2 Å². The summed E-state index contributed by atoms with van der Waals surface area (Å²) in [5.41, 5.74) is 2.85. The van der Waals surface area contributed by atoms with Gasteiger partial charge in [-0.1, -0.05) is 35.9 Å². The maximum absolute atomic E-state index is 13.4. The van der Waals surface area contributed by atoms with E-state index < -0.39 is 5.56 Å². The number of azo groups is 1. The first kappa shape index (κ1) is 22.2. The topological polar surface area (TPSA) is 81.1 Å². The van der Waals surface area contributed by atoms with Crippen molar-refractivity contribution in [3.8, 4) is 23.0 Å². The highest BCUT2D eigenvalue weighted by molar-refractivity contribution is 7.71. The minimum absolute atomic E-state index is 0.103. The Morgan fingerprint density at radius 3 is 2.18 bits per heavy atom. The van der Waals surface area contributed by atoms with E-state index in [9.17, 15) is 9.90 Å². The lowest BCUT2D eigenvalue weighted by Gasteiger charge is -2.17. The van der Waals surface area contributed by atoms with E-state index in [4.69, 9.17) is 17.0 Å². The summed E-state index contributed by atoms with van der Waals surface area (Å²) < 4.78 is 8.08. The average Bonchev–Trinajstić information content (AvgIpc) is 2.82. The Bertz CT molecular complexity index is 1450. The van der Waals surface area contributed by atoms with Crippen LogP contribution in [-0.2, 0) is 0 Å². The van der Waals surface area contributed by atoms with Gasteiger partial charge in [-0.2, -0.15) is 5.11 Å². The molecule has 33 heavy (non-hydrogen) atoms. The second kappa shape index (κ2) is 9.22. The summed E-state index contributed by atoms with van der Waals surface area (Å²) in [6.45, 7) is 3.86. The Labute approximate surface area is 195 Å². The van der Waals surface area contributed by atoms with Crippen LogP contribution in [0, 0.1) is 18.6 Å².